The van der Waals surface area contributed by atoms with Crippen molar-refractivity contribution in [2.75, 3.05) is 25.2 Å². The van der Waals surface area contributed by atoms with Crippen molar-refractivity contribution in [3.05, 3.63) is 65.2 Å². The van der Waals surface area contributed by atoms with Crippen molar-refractivity contribution in [1.82, 2.24) is 4.90 Å². The maximum absolute atomic E-state index is 12.8. The molecule has 1 atom stereocenters. The zero-order valence-corrected chi connectivity index (χ0v) is 16.6. The van der Waals surface area contributed by atoms with Gasteiger partial charge in [0.05, 0.1) is 18.3 Å². The van der Waals surface area contributed by atoms with Gasteiger partial charge in [-0.3, -0.25) is 4.79 Å². The number of benzene rings is 2. The van der Waals surface area contributed by atoms with Crippen LogP contribution >= 0.6 is 0 Å². The summed E-state index contributed by atoms with van der Waals surface area (Å²) >= 11 is 0. The van der Waals surface area contributed by atoms with Crippen LogP contribution in [0, 0.1) is 0 Å². The summed E-state index contributed by atoms with van der Waals surface area (Å²) in [5, 5.41) is 3.12. The minimum Gasteiger partial charge on any atom is -0.376 e. The van der Waals surface area contributed by atoms with E-state index in [0.717, 1.165) is 19.3 Å². The zero-order chi connectivity index (χ0) is 19.4. The van der Waals surface area contributed by atoms with Gasteiger partial charge < -0.3 is 10.2 Å². The molecule has 0 aromatic heterocycles. The van der Waals surface area contributed by atoms with Gasteiger partial charge in [0.2, 0.25) is 5.91 Å². The largest absolute Gasteiger partial charge is 0.376 e. The van der Waals surface area contributed by atoms with Crippen LogP contribution in [0.2, 0.25) is 0 Å². The van der Waals surface area contributed by atoms with E-state index in [9.17, 15) is 13.2 Å². The number of hydrogen-bond donors (Lipinski definition) is 1. The van der Waals surface area contributed by atoms with E-state index in [1.807, 2.05) is 36.2 Å². The summed E-state index contributed by atoms with van der Waals surface area (Å²) in [7, 11) is -1.29. The van der Waals surface area contributed by atoms with Gasteiger partial charge in [0.25, 0.3) is 0 Å². The third-order valence-electron chi connectivity index (χ3n) is 5.06. The third kappa shape index (κ3) is 4.89. The van der Waals surface area contributed by atoms with Crippen molar-refractivity contribution in [1.29, 1.82) is 0 Å². The van der Waals surface area contributed by atoms with Crippen molar-refractivity contribution >= 4 is 21.4 Å². The first-order valence-corrected chi connectivity index (χ1v) is 11.2. The van der Waals surface area contributed by atoms with Crippen molar-refractivity contribution in [3.63, 3.8) is 0 Å². The number of likely N-dealkylation sites (N-methyl/N-ethyl adjacent to an activating group) is 1. The number of carbonyl (C=O) groups excluding carboxylic acids is 1. The fourth-order valence-corrected chi connectivity index (χ4v) is 4.52. The fourth-order valence-electron chi connectivity index (χ4n) is 3.70. The molecule has 1 aliphatic carbocycles. The minimum atomic E-state index is -3.14. The number of para-hydroxylation sites is 1. The van der Waals surface area contributed by atoms with Gasteiger partial charge >= 0.3 is 0 Å². The van der Waals surface area contributed by atoms with Crippen molar-refractivity contribution in [2.24, 2.45) is 0 Å². The van der Waals surface area contributed by atoms with E-state index in [1.54, 1.807) is 12.1 Å². The van der Waals surface area contributed by atoms with Crippen LogP contribution in [-0.4, -0.2) is 39.1 Å². The lowest BCUT2D eigenvalue weighted by molar-refractivity contribution is -0.130. The SMILES string of the molecule is CN(C(=O)CNc1ccccc1CS(C)(=O)=O)[C@H]1CCCc2ccccc21. The second kappa shape index (κ2) is 8.13. The monoisotopic (exact) mass is 386 g/mol. The summed E-state index contributed by atoms with van der Waals surface area (Å²) in [4.78, 5) is 14.6. The number of fused-ring (bicyclic) bond motifs is 1. The predicted molar refractivity (Wildman–Crippen MR) is 108 cm³/mol. The maximum atomic E-state index is 12.8. The Balaban J connectivity index is 1.69. The van der Waals surface area contributed by atoms with Crippen LogP contribution in [0.4, 0.5) is 5.69 Å². The Kier molecular flexibility index (Phi) is 5.85. The van der Waals surface area contributed by atoms with Gasteiger partial charge in [-0.1, -0.05) is 42.5 Å². The van der Waals surface area contributed by atoms with Gasteiger partial charge in [-0.25, -0.2) is 8.42 Å². The lowest BCUT2D eigenvalue weighted by Gasteiger charge is -2.33. The van der Waals surface area contributed by atoms with Gasteiger partial charge in [-0.2, -0.15) is 0 Å². The lowest BCUT2D eigenvalue weighted by Crippen LogP contribution is -2.37. The molecule has 6 heteroatoms. The summed E-state index contributed by atoms with van der Waals surface area (Å²) in [6, 6.07) is 15.6. The van der Waals surface area contributed by atoms with Crippen LogP contribution in [0.3, 0.4) is 0 Å². The Bertz CT molecular complexity index is 925. The molecule has 0 bridgehead atoms. The average molecular weight is 387 g/mol. The molecule has 0 unspecified atom stereocenters. The fraction of sp³-hybridized carbons (Fsp3) is 0.381. The molecular weight excluding hydrogens is 360 g/mol. The number of sulfone groups is 1. The number of aryl methyl sites for hydroxylation is 1. The predicted octanol–water partition coefficient (Wildman–Crippen LogP) is 3.18. The molecule has 0 fully saturated rings. The van der Waals surface area contributed by atoms with Crippen molar-refractivity contribution in [2.45, 2.75) is 31.1 Å². The first-order chi connectivity index (χ1) is 12.8. The molecule has 144 valence electrons. The molecule has 0 spiro atoms. The Morgan fingerprint density at radius 3 is 2.63 bits per heavy atom. The van der Waals surface area contributed by atoms with Gasteiger partial charge in [0.1, 0.15) is 0 Å². The highest BCUT2D eigenvalue weighted by Gasteiger charge is 2.26. The number of rotatable bonds is 6. The molecule has 0 radical (unpaired) electrons. The molecule has 3 rings (SSSR count). The molecule has 0 aliphatic heterocycles. The zero-order valence-electron chi connectivity index (χ0n) is 15.8. The highest BCUT2D eigenvalue weighted by molar-refractivity contribution is 7.89. The van der Waals surface area contributed by atoms with Gasteiger partial charge in [0, 0.05) is 19.0 Å². The standard InChI is InChI=1S/C21H26N2O3S/c1-23(20-13-7-10-16-8-3-5-11-18(16)20)21(24)14-22-19-12-6-4-9-17(19)15-27(2,25)26/h3-6,8-9,11-12,20,22H,7,10,13-15H2,1-2H3/t20-/m0/s1. The van der Waals surface area contributed by atoms with E-state index in [1.165, 1.54) is 17.4 Å². The van der Waals surface area contributed by atoms with Gasteiger partial charge in [-0.05, 0) is 42.0 Å². The molecule has 27 heavy (non-hydrogen) atoms. The van der Waals surface area contributed by atoms with Crippen molar-refractivity contribution < 1.29 is 13.2 Å². The van der Waals surface area contributed by atoms with E-state index in [-0.39, 0.29) is 24.2 Å². The smallest absolute Gasteiger partial charge is 0.242 e. The summed E-state index contributed by atoms with van der Waals surface area (Å²) in [6.45, 7) is 0.135. The first kappa shape index (κ1) is 19.4. The van der Waals surface area contributed by atoms with E-state index in [4.69, 9.17) is 0 Å². The highest BCUT2D eigenvalue weighted by Crippen LogP contribution is 2.33. The minimum absolute atomic E-state index is 0.00846. The average Bonchev–Trinajstić information content (AvgIpc) is 2.65. The van der Waals surface area contributed by atoms with Crippen LogP contribution in [0.15, 0.2) is 48.5 Å². The number of anilines is 1. The molecule has 1 aliphatic rings. The Labute approximate surface area is 161 Å². The molecule has 0 saturated heterocycles. The van der Waals surface area contributed by atoms with Crippen LogP contribution in [0.5, 0.6) is 0 Å². The second-order valence-electron chi connectivity index (χ2n) is 7.19. The number of nitrogens with one attached hydrogen (secondary N) is 1. The Morgan fingerprint density at radius 2 is 1.85 bits per heavy atom. The van der Waals surface area contributed by atoms with Crippen LogP contribution < -0.4 is 5.32 Å². The molecule has 2 aromatic rings. The van der Waals surface area contributed by atoms with Crippen LogP contribution in [-0.2, 0) is 26.8 Å². The van der Waals surface area contributed by atoms with E-state index in [0.29, 0.717) is 11.3 Å². The second-order valence-corrected chi connectivity index (χ2v) is 9.33. The lowest BCUT2D eigenvalue weighted by atomic mass is 9.87. The van der Waals surface area contributed by atoms with Crippen LogP contribution in [0.25, 0.3) is 0 Å². The number of hydrogen-bond acceptors (Lipinski definition) is 4. The summed E-state index contributed by atoms with van der Waals surface area (Å²) < 4.78 is 23.2. The Morgan fingerprint density at radius 1 is 1.15 bits per heavy atom. The quantitative estimate of drug-likeness (QED) is 0.828. The topological polar surface area (TPSA) is 66.5 Å². The summed E-state index contributed by atoms with van der Waals surface area (Å²) in [6.07, 6.45) is 4.31. The molecule has 5 nitrogen and oxygen atoms in total. The number of nitrogens with zero attached hydrogens (tertiary/aromatic N) is 1. The first-order valence-electron chi connectivity index (χ1n) is 9.18. The van der Waals surface area contributed by atoms with E-state index >= 15 is 0 Å². The highest BCUT2D eigenvalue weighted by atomic mass is 32.2. The van der Waals surface area contributed by atoms with Gasteiger partial charge in [-0.15, -0.1) is 0 Å². The van der Waals surface area contributed by atoms with E-state index in [2.05, 4.69) is 17.4 Å². The number of amides is 1. The Hall–Kier alpha value is -2.34. The molecule has 2 aromatic carbocycles. The maximum Gasteiger partial charge on any atom is 0.242 e. The normalized spacial score (nSPS) is 16.4. The van der Waals surface area contributed by atoms with Gasteiger partial charge in [0.15, 0.2) is 9.84 Å². The molecule has 0 saturated carbocycles. The molecule has 1 N–H and O–H groups in total. The van der Waals surface area contributed by atoms with E-state index < -0.39 is 9.84 Å². The molecule has 1 amide bonds. The van der Waals surface area contributed by atoms with Crippen molar-refractivity contribution in [3.8, 4) is 0 Å². The molecule has 0 heterocycles. The van der Waals surface area contributed by atoms with Crippen LogP contribution in [0.1, 0.15) is 35.6 Å². The summed E-state index contributed by atoms with van der Waals surface area (Å²) in [5.41, 5.74) is 3.92. The molecular formula is C21H26N2O3S. The summed E-state index contributed by atoms with van der Waals surface area (Å²) in [5.74, 6) is -0.0539. The third-order valence-corrected chi connectivity index (χ3v) is 5.90. The number of carbonyl (C=O) groups is 1.